The molecule has 0 unspecified atom stereocenters. The van der Waals surface area contributed by atoms with Gasteiger partial charge in [-0.1, -0.05) is 35.5 Å². The molecule has 0 bridgehead atoms. The Hall–Kier alpha value is -1.68. The van der Waals surface area contributed by atoms with Crippen molar-refractivity contribution in [1.82, 2.24) is 15.5 Å². The van der Waals surface area contributed by atoms with E-state index in [-0.39, 0.29) is 0 Å². The second-order valence-corrected chi connectivity index (χ2v) is 3.94. The summed E-state index contributed by atoms with van der Waals surface area (Å²) >= 11 is 0. The fraction of sp³-hybridized carbons (Fsp3) is 0.385. The van der Waals surface area contributed by atoms with Crippen molar-refractivity contribution in [3.63, 3.8) is 0 Å². The largest absolute Gasteiger partial charge is 0.339 e. The summed E-state index contributed by atoms with van der Waals surface area (Å²) in [4.78, 5) is 4.35. The monoisotopic (exact) mass is 231 g/mol. The van der Waals surface area contributed by atoms with Crippen LogP contribution in [-0.2, 0) is 19.3 Å². The molecule has 2 aromatic rings. The molecule has 4 heteroatoms. The van der Waals surface area contributed by atoms with E-state index in [1.54, 1.807) is 0 Å². The van der Waals surface area contributed by atoms with Gasteiger partial charge in [0.15, 0.2) is 5.82 Å². The summed E-state index contributed by atoms with van der Waals surface area (Å²) < 4.78 is 5.19. The second kappa shape index (κ2) is 6.15. The van der Waals surface area contributed by atoms with Gasteiger partial charge in [-0.3, -0.25) is 0 Å². The lowest BCUT2D eigenvalue weighted by Crippen LogP contribution is -2.11. The lowest BCUT2D eigenvalue weighted by Gasteiger charge is -1.96. The highest BCUT2D eigenvalue weighted by atomic mass is 16.5. The quantitative estimate of drug-likeness (QED) is 0.820. The Morgan fingerprint density at radius 2 is 1.94 bits per heavy atom. The molecule has 4 nitrogen and oxygen atoms in total. The van der Waals surface area contributed by atoms with E-state index < -0.39 is 0 Å². The zero-order valence-electron chi connectivity index (χ0n) is 10.0. The molecule has 0 spiro atoms. The molecule has 1 N–H and O–H groups in total. The SMILES string of the molecule is CNCCc1noc(CCc2ccccc2)n1. The van der Waals surface area contributed by atoms with E-state index in [4.69, 9.17) is 4.52 Å². The number of likely N-dealkylation sites (N-methyl/N-ethyl adjacent to an activating group) is 1. The predicted molar refractivity (Wildman–Crippen MR) is 65.8 cm³/mol. The average Bonchev–Trinajstić information content (AvgIpc) is 2.83. The maximum Gasteiger partial charge on any atom is 0.226 e. The first-order chi connectivity index (χ1) is 8.38. The number of nitrogens with one attached hydrogen (secondary N) is 1. The van der Waals surface area contributed by atoms with Crippen LogP contribution in [0.25, 0.3) is 0 Å². The summed E-state index contributed by atoms with van der Waals surface area (Å²) in [6, 6.07) is 10.3. The van der Waals surface area contributed by atoms with Gasteiger partial charge in [0.1, 0.15) is 0 Å². The van der Waals surface area contributed by atoms with Crippen molar-refractivity contribution in [1.29, 1.82) is 0 Å². The summed E-state index contributed by atoms with van der Waals surface area (Å²) in [5, 5.41) is 7.00. The van der Waals surface area contributed by atoms with E-state index in [2.05, 4.69) is 27.6 Å². The molecule has 17 heavy (non-hydrogen) atoms. The molecule has 1 aromatic heterocycles. The highest BCUT2D eigenvalue weighted by Gasteiger charge is 2.05. The summed E-state index contributed by atoms with van der Waals surface area (Å²) in [5.74, 6) is 1.50. The standard InChI is InChI=1S/C13H17N3O/c1-14-10-9-12-15-13(17-16-12)8-7-11-5-3-2-4-6-11/h2-6,14H,7-10H2,1H3. The van der Waals surface area contributed by atoms with Gasteiger partial charge in [0, 0.05) is 19.4 Å². The van der Waals surface area contributed by atoms with Crippen LogP contribution >= 0.6 is 0 Å². The maximum absolute atomic E-state index is 5.19. The van der Waals surface area contributed by atoms with Crippen LogP contribution in [0, 0.1) is 0 Å². The highest BCUT2D eigenvalue weighted by Crippen LogP contribution is 2.05. The maximum atomic E-state index is 5.19. The molecule has 1 heterocycles. The summed E-state index contributed by atoms with van der Waals surface area (Å²) in [6.45, 7) is 0.873. The first-order valence-corrected chi connectivity index (χ1v) is 5.88. The van der Waals surface area contributed by atoms with E-state index in [1.165, 1.54) is 5.56 Å². The molecule has 0 saturated carbocycles. The molecule has 1 aromatic carbocycles. The van der Waals surface area contributed by atoms with Crippen molar-refractivity contribution in [2.45, 2.75) is 19.3 Å². The fourth-order valence-corrected chi connectivity index (χ4v) is 1.63. The van der Waals surface area contributed by atoms with Gasteiger partial charge < -0.3 is 9.84 Å². The van der Waals surface area contributed by atoms with E-state index in [0.29, 0.717) is 0 Å². The minimum Gasteiger partial charge on any atom is -0.339 e. The van der Waals surface area contributed by atoms with Crippen LogP contribution in [0.5, 0.6) is 0 Å². The van der Waals surface area contributed by atoms with Gasteiger partial charge in [-0.15, -0.1) is 0 Å². The third kappa shape index (κ3) is 3.67. The molecular weight excluding hydrogens is 214 g/mol. The normalized spacial score (nSPS) is 10.6. The second-order valence-electron chi connectivity index (χ2n) is 3.94. The molecule has 0 atom stereocenters. The zero-order valence-corrected chi connectivity index (χ0v) is 10.0. The van der Waals surface area contributed by atoms with E-state index in [9.17, 15) is 0 Å². The molecule has 0 saturated heterocycles. The third-order valence-corrected chi connectivity index (χ3v) is 2.58. The van der Waals surface area contributed by atoms with Gasteiger partial charge in [0.25, 0.3) is 0 Å². The van der Waals surface area contributed by atoms with Crippen LogP contribution in [0.1, 0.15) is 17.3 Å². The first-order valence-electron chi connectivity index (χ1n) is 5.88. The van der Waals surface area contributed by atoms with Crippen LogP contribution in [-0.4, -0.2) is 23.7 Å². The summed E-state index contributed by atoms with van der Waals surface area (Å²) in [5.41, 5.74) is 1.29. The van der Waals surface area contributed by atoms with Crippen molar-refractivity contribution in [3.05, 3.63) is 47.6 Å². The zero-order chi connectivity index (χ0) is 11.9. The van der Waals surface area contributed by atoms with Crippen molar-refractivity contribution in [2.24, 2.45) is 0 Å². The molecule has 0 radical (unpaired) electrons. The molecule has 0 aliphatic carbocycles. The molecule has 0 aliphatic heterocycles. The molecular formula is C13H17N3O. The van der Waals surface area contributed by atoms with Crippen molar-refractivity contribution >= 4 is 0 Å². The van der Waals surface area contributed by atoms with Crippen LogP contribution in [0.4, 0.5) is 0 Å². The molecule has 0 fully saturated rings. The summed E-state index contributed by atoms with van der Waals surface area (Å²) in [7, 11) is 1.91. The summed E-state index contributed by atoms with van der Waals surface area (Å²) in [6.07, 6.45) is 2.55. The van der Waals surface area contributed by atoms with Gasteiger partial charge >= 0.3 is 0 Å². The Bertz CT molecular complexity index is 439. The van der Waals surface area contributed by atoms with Gasteiger partial charge in [-0.2, -0.15) is 4.98 Å². The Morgan fingerprint density at radius 3 is 2.71 bits per heavy atom. The van der Waals surface area contributed by atoms with Crippen LogP contribution in [0.3, 0.4) is 0 Å². The molecule has 0 amide bonds. The van der Waals surface area contributed by atoms with Crippen LogP contribution < -0.4 is 5.32 Å². The lowest BCUT2D eigenvalue weighted by molar-refractivity contribution is 0.373. The number of nitrogens with zero attached hydrogens (tertiary/aromatic N) is 2. The molecule has 2 rings (SSSR count). The topological polar surface area (TPSA) is 51.0 Å². The Morgan fingerprint density at radius 1 is 1.12 bits per heavy atom. The smallest absolute Gasteiger partial charge is 0.226 e. The number of aromatic nitrogens is 2. The van der Waals surface area contributed by atoms with Gasteiger partial charge in [0.05, 0.1) is 0 Å². The van der Waals surface area contributed by atoms with E-state index >= 15 is 0 Å². The minimum atomic E-state index is 0.722. The number of rotatable bonds is 6. The average molecular weight is 231 g/mol. The van der Waals surface area contributed by atoms with Crippen molar-refractivity contribution < 1.29 is 4.52 Å². The van der Waals surface area contributed by atoms with Gasteiger partial charge in [0.2, 0.25) is 5.89 Å². The number of hydrogen-bond donors (Lipinski definition) is 1. The third-order valence-electron chi connectivity index (χ3n) is 2.58. The lowest BCUT2D eigenvalue weighted by atomic mass is 10.1. The van der Waals surface area contributed by atoms with E-state index in [1.807, 2.05) is 25.2 Å². The van der Waals surface area contributed by atoms with Gasteiger partial charge in [-0.25, -0.2) is 0 Å². The van der Waals surface area contributed by atoms with E-state index in [0.717, 1.165) is 37.5 Å². The fourth-order valence-electron chi connectivity index (χ4n) is 1.63. The first kappa shape index (κ1) is 11.8. The molecule has 90 valence electrons. The Labute approximate surface area is 101 Å². The number of aryl methyl sites for hydroxylation is 2. The Kier molecular flexibility index (Phi) is 4.27. The minimum absolute atomic E-state index is 0.722. The van der Waals surface area contributed by atoms with Crippen LogP contribution in [0.15, 0.2) is 34.9 Å². The van der Waals surface area contributed by atoms with Crippen molar-refractivity contribution in [2.75, 3.05) is 13.6 Å². The van der Waals surface area contributed by atoms with Gasteiger partial charge in [-0.05, 0) is 19.0 Å². The molecule has 0 aliphatic rings. The number of hydrogen-bond acceptors (Lipinski definition) is 4. The Balaban J connectivity index is 1.85. The highest BCUT2D eigenvalue weighted by molar-refractivity contribution is 5.15. The predicted octanol–water partition coefficient (Wildman–Crippen LogP) is 1.62. The van der Waals surface area contributed by atoms with Crippen LogP contribution in [0.2, 0.25) is 0 Å². The van der Waals surface area contributed by atoms with Crippen molar-refractivity contribution in [3.8, 4) is 0 Å². The number of benzene rings is 1.